The van der Waals surface area contributed by atoms with Gasteiger partial charge in [-0.2, -0.15) is 0 Å². The Hall–Kier alpha value is -1.26. The molecule has 1 saturated carbocycles. The van der Waals surface area contributed by atoms with Crippen molar-refractivity contribution in [1.29, 1.82) is 0 Å². The first kappa shape index (κ1) is 20.1. The normalized spacial score (nSPS) is 23.7. The second kappa shape index (κ2) is 10.0. The minimum Gasteiger partial charge on any atom is -0.490 e. The lowest BCUT2D eigenvalue weighted by Gasteiger charge is -2.30. The van der Waals surface area contributed by atoms with Crippen LogP contribution in [0.2, 0.25) is 0 Å². The quantitative estimate of drug-likeness (QED) is 0.810. The molecule has 1 aliphatic carbocycles. The van der Waals surface area contributed by atoms with Gasteiger partial charge in [-0.15, -0.1) is 12.4 Å². The van der Waals surface area contributed by atoms with Gasteiger partial charge in [0, 0.05) is 12.5 Å². The number of rotatable bonds is 6. The molecule has 1 heterocycles. The van der Waals surface area contributed by atoms with Crippen LogP contribution >= 0.6 is 12.4 Å². The number of piperidine rings is 1. The summed E-state index contributed by atoms with van der Waals surface area (Å²) in [5.74, 6) is 1.62. The van der Waals surface area contributed by atoms with Gasteiger partial charge in [0.1, 0.15) is 5.75 Å². The van der Waals surface area contributed by atoms with E-state index < -0.39 is 0 Å². The van der Waals surface area contributed by atoms with Crippen molar-refractivity contribution in [2.45, 2.75) is 64.0 Å². The lowest BCUT2D eigenvalue weighted by molar-refractivity contribution is -0.122. The fourth-order valence-corrected chi connectivity index (χ4v) is 3.74. The number of amides is 1. The Morgan fingerprint density at radius 2 is 2.08 bits per heavy atom. The largest absolute Gasteiger partial charge is 0.490 e. The van der Waals surface area contributed by atoms with E-state index in [1.54, 1.807) is 0 Å². The third kappa shape index (κ3) is 6.19. The van der Waals surface area contributed by atoms with Crippen LogP contribution in [-0.4, -0.2) is 31.1 Å². The smallest absolute Gasteiger partial charge is 0.220 e. The van der Waals surface area contributed by atoms with E-state index in [2.05, 4.69) is 29.7 Å². The molecule has 3 rings (SSSR count). The van der Waals surface area contributed by atoms with Crippen molar-refractivity contribution in [3.05, 3.63) is 29.8 Å². The summed E-state index contributed by atoms with van der Waals surface area (Å²) in [6.45, 7) is 4.18. The molecule has 140 valence electrons. The summed E-state index contributed by atoms with van der Waals surface area (Å²) in [6, 6.07) is 8.56. The standard InChI is InChI=1S/C20H30N2O2.ClH/c1-15-14-21-12-11-19(15)22-20(23)10-9-16-5-4-8-18(13-16)24-17-6-2-3-7-17;/h4-5,8,13,15,17,19,21H,2-3,6-7,9-12,14H2,1H3,(H,22,23);1H. The van der Waals surface area contributed by atoms with Crippen LogP contribution in [0.15, 0.2) is 24.3 Å². The molecule has 2 atom stereocenters. The van der Waals surface area contributed by atoms with Gasteiger partial charge in [0.15, 0.2) is 0 Å². The first-order chi connectivity index (χ1) is 11.7. The van der Waals surface area contributed by atoms with Crippen LogP contribution < -0.4 is 15.4 Å². The van der Waals surface area contributed by atoms with Gasteiger partial charge in [0.05, 0.1) is 6.10 Å². The van der Waals surface area contributed by atoms with E-state index in [0.717, 1.165) is 31.7 Å². The molecule has 1 aromatic rings. The SMILES string of the molecule is CC1CNCCC1NC(=O)CCc1cccc(OC2CCCC2)c1.Cl. The summed E-state index contributed by atoms with van der Waals surface area (Å²) in [6.07, 6.45) is 7.61. The number of aryl methyl sites for hydroxylation is 1. The zero-order valence-electron chi connectivity index (χ0n) is 15.1. The molecule has 0 aromatic heterocycles. The average molecular weight is 367 g/mol. The van der Waals surface area contributed by atoms with Crippen molar-refractivity contribution in [2.75, 3.05) is 13.1 Å². The van der Waals surface area contributed by atoms with Crippen LogP contribution in [0.4, 0.5) is 0 Å². The first-order valence-corrected chi connectivity index (χ1v) is 9.46. The fraction of sp³-hybridized carbons (Fsp3) is 0.650. The predicted octanol–water partition coefficient (Wildman–Crippen LogP) is 3.48. The monoisotopic (exact) mass is 366 g/mol. The van der Waals surface area contributed by atoms with Gasteiger partial charge in [0.2, 0.25) is 5.91 Å². The number of benzene rings is 1. The highest BCUT2D eigenvalue weighted by atomic mass is 35.5. The van der Waals surface area contributed by atoms with Crippen molar-refractivity contribution in [3.63, 3.8) is 0 Å². The Labute approximate surface area is 157 Å². The van der Waals surface area contributed by atoms with Gasteiger partial charge in [-0.25, -0.2) is 0 Å². The first-order valence-electron chi connectivity index (χ1n) is 9.46. The van der Waals surface area contributed by atoms with Gasteiger partial charge in [-0.05, 0) is 75.2 Å². The van der Waals surface area contributed by atoms with Crippen LogP contribution in [0.3, 0.4) is 0 Å². The highest BCUT2D eigenvalue weighted by Crippen LogP contribution is 2.24. The lowest BCUT2D eigenvalue weighted by atomic mass is 9.95. The van der Waals surface area contributed by atoms with Crippen LogP contribution in [0.1, 0.15) is 51.0 Å². The third-order valence-corrected chi connectivity index (χ3v) is 5.28. The molecule has 2 fully saturated rings. The molecule has 25 heavy (non-hydrogen) atoms. The van der Waals surface area contributed by atoms with E-state index in [4.69, 9.17) is 4.74 Å². The van der Waals surface area contributed by atoms with E-state index in [-0.39, 0.29) is 18.3 Å². The van der Waals surface area contributed by atoms with Crippen molar-refractivity contribution >= 4 is 18.3 Å². The van der Waals surface area contributed by atoms with Gasteiger partial charge >= 0.3 is 0 Å². The third-order valence-electron chi connectivity index (χ3n) is 5.28. The number of hydrogen-bond donors (Lipinski definition) is 2. The van der Waals surface area contributed by atoms with E-state index in [9.17, 15) is 4.79 Å². The zero-order chi connectivity index (χ0) is 16.8. The fourth-order valence-electron chi connectivity index (χ4n) is 3.74. The van der Waals surface area contributed by atoms with Gasteiger partial charge < -0.3 is 15.4 Å². The summed E-state index contributed by atoms with van der Waals surface area (Å²) in [4.78, 5) is 12.2. The zero-order valence-corrected chi connectivity index (χ0v) is 15.9. The summed E-state index contributed by atoms with van der Waals surface area (Å²) < 4.78 is 6.05. The van der Waals surface area contributed by atoms with Crippen LogP contribution in [-0.2, 0) is 11.2 Å². The van der Waals surface area contributed by atoms with Crippen LogP contribution in [0, 0.1) is 5.92 Å². The number of carbonyl (C=O) groups is 1. The van der Waals surface area contributed by atoms with Crippen molar-refractivity contribution < 1.29 is 9.53 Å². The minimum absolute atomic E-state index is 0. The van der Waals surface area contributed by atoms with Crippen molar-refractivity contribution in [3.8, 4) is 5.75 Å². The maximum absolute atomic E-state index is 12.2. The van der Waals surface area contributed by atoms with Gasteiger partial charge in [-0.3, -0.25) is 4.79 Å². The molecule has 5 heteroatoms. The molecular weight excluding hydrogens is 336 g/mol. The Kier molecular flexibility index (Phi) is 8.04. The molecule has 1 saturated heterocycles. The number of nitrogens with one attached hydrogen (secondary N) is 2. The maximum Gasteiger partial charge on any atom is 0.220 e. The molecule has 0 radical (unpaired) electrons. The van der Waals surface area contributed by atoms with E-state index in [1.807, 2.05) is 12.1 Å². The summed E-state index contributed by atoms with van der Waals surface area (Å²) in [7, 11) is 0. The molecule has 2 N–H and O–H groups in total. The molecule has 4 nitrogen and oxygen atoms in total. The molecule has 1 aromatic carbocycles. The second-order valence-electron chi connectivity index (χ2n) is 7.32. The number of carbonyl (C=O) groups excluding carboxylic acids is 1. The maximum atomic E-state index is 12.2. The van der Waals surface area contributed by atoms with Gasteiger partial charge in [0.25, 0.3) is 0 Å². The Morgan fingerprint density at radius 3 is 2.84 bits per heavy atom. The van der Waals surface area contributed by atoms with Crippen LogP contribution in [0.25, 0.3) is 0 Å². The Balaban J connectivity index is 0.00000225. The van der Waals surface area contributed by atoms with Gasteiger partial charge in [-0.1, -0.05) is 19.1 Å². The average Bonchev–Trinajstić information content (AvgIpc) is 3.08. The van der Waals surface area contributed by atoms with E-state index >= 15 is 0 Å². The molecule has 2 unspecified atom stereocenters. The van der Waals surface area contributed by atoms with E-state index in [0.29, 0.717) is 24.5 Å². The summed E-state index contributed by atoms with van der Waals surface area (Å²) in [5, 5.41) is 6.57. The highest BCUT2D eigenvalue weighted by Gasteiger charge is 2.22. The number of hydrogen-bond acceptors (Lipinski definition) is 3. The number of ether oxygens (including phenoxy) is 1. The molecule has 0 spiro atoms. The molecular formula is C20H31ClN2O2. The second-order valence-corrected chi connectivity index (χ2v) is 7.32. The van der Waals surface area contributed by atoms with E-state index in [1.165, 1.54) is 31.2 Å². The molecule has 0 bridgehead atoms. The Bertz CT molecular complexity index is 546. The molecule has 1 aliphatic heterocycles. The van der Waals surface area contributed by atoms with Crippen molar-refractivity contribution in [2.24, 2.45) is 5.92 Å². The van der Waals surface area contributed by atoms with Crippen molar-refractivity contribution in [1.82, 2.24) is 10.6 Å². The lowest BCUT2D eigenvalue weighted by Crippen LogP contribution is -2.48. The Morgan fingerprint density at radius 1 is 1.28 bits per heavy atom. The highest BCUT2D eigenvalue weighted by molar-refractivity contribution is 5.85. The summed E-state index contributed by atoms with van der Waals surface area (Å²) >= 11 is 0. The molecule has 1 amide bonds. The molecule has 2 aliphatic rings. The van der Waals surface area contributed by atoms with Crippen LogP contribution in [0.5, 0.6) is 5.75 Å². The number of halogens is 1. The minimum atomic E-state index is 0. The topological polar surface area (TPSA) is 50.4 Å². The summed E-state index contributed by atoms with van der Waals surface area (Å²) in [5.41, 5.74) is 1.18. The predicted molar refractivity (Wildman–Crippen MR) is 103 cm³/mol.